The van der Waals surface area contributed by atoms with E-state index in [-0.39, 0.29) is 0 Å². The van der Waals surface area contributed by atoms with Crippen LogP contribution in [0.15, 0.2) is 0 Å². The van der Waals surface area contributed by atoms with E-state index in [4.69, 9.17) is 28.2 Å². The van der Waals surface area contributed by atoms with E-state index in [9.17, 15) is 132 Å². The van der Waals surface area contributed by atoms with Gasteiger partial charge in [-0.2, -0.15) is 75.8 Å². The van der Waals surface area contributed by atoms with Crippen molar-refractivity contribution in [3.63, 3.8) is 0 Å². The molecule has 0 bridgehead atoms. The Morgan fingerprint density at radius 3 is 0.919 bits per heavy atom. The van der Waals surface area contributed by atoms with Gasteiger partial charge in [0.1, 0.15) is 61.0 Å². The molecular weight excluding hydrogens is 1270 g/mol. The van der Waals surface area contributed by atoms with Crippen LogP contribution in [0.3, 0.4) is 0 Å². The first kappa shape index (κ1) is 67.0. The van der Waals surface area contributed by atoms with Gasteiger partial charge in [0.15, 0.2) is 31.1 Å². The molecule has 0 saturated carbocycles. The summed E-state index contributed by atoms with van der Waals surface area (Å²) in [4.78, 5) is 18.6. The maximum atomic E-state index is 12.4. The lowest BCUT2D eigenvalue weighted by Crippen LogP contribution is -2.69. The van der Waals surface area contributed by atoms with Crippen molar-refractivity contribution in [1.82, 2.24) is 0 Å². The van der Waals surface area contributed by atoms with Crippen LogP contribution >= 0.6 is 7.82 Å². The van der Waals surface area contributed by atoms with Crippen molar-refractivity contribution >= 4 is 101 Å². The van der Waals surface area contributed by atoms with E-state index in [0.29, 0.717) is 0 Å². The van der Waals surface area contributed by atoms with Crippen LogP contribution < -0.4 is 0 Å². The van der Waals surface area contributed by atoms with Crippen LogP contribution in [-0.4, -0.2) is 244 Å². The van der Waals surface area contributed by atoms with E-state index in [1.54, 1.807) is 0 Å². The summed E-state index contributed by atoms with van der Waals surface area (Å²) in [5.74, 6) is 0. The van der Waals surface area contributed by atoms with Crippen molar-refractivity contribution in [1.29, 1.82) is 0 Å². The Kier molecular flexibility index (Phi) is 21.9. The van der Waals surface area contributed by atoms with Crippen LogP contribution in [0.2, 0.25) is 0 Å². The smallest absolute Gasteiger partial charge is 0.366 e. The molecule has 15 atom stereocenters. The Balaban J connectivity index is 2.51. The van der Waals surface area contributed by atoms with Gasteiger partial charge in [0.05, 0.1) is 19.8 Å². The van der Waals surface area contributed by atoms with Gasteiger partial charge in [0, 0.05) is 0 Å². The van der Waals surface area contributed by atoms with Crippen LogP contribution in [0.5, 0.6) is 0 Å². The maximum absolute atomic E-state index is 12.4. The van der Waals surface area contributed by atoms with E-state index < -0.39 is 213 Å². The molecule has 46 nitrogen and oxygen atoms in total. The molecule has 3 fully saturated rings. The first-order valence-corrected chi connectivity index (χ1v) is 31.1. The van der Waals surface area contributed by atoms with Crippen LogP contribution in [0.1, 0.15) is 0 Å². The standard InChI is InChI=1S/C18H33O46PS9/c19-16-13(11(61-71(38,39)40)9(60-70(35,36)37)5(53-16)2-51-66(23,24)25)57-17-14(63-73(44,45)46)10(7(58-68(29,30)31)6(55-17)3-52-67(26,27)28)56-18-15(64-74(47,48)49)12(62-72(41,42)43)8(59-69(32,33)34)4(54-18)1-50-65(20,21)22/h4-19H,1-3H2,(H2,20,21,22)(H,23,24,25)(H,26,27,28)(H,29,30,31)(H,32,33,34)(H,35,36,37)(H,38,39,40)(H,41,42,43)(H,44,45,46)(H,47,48,49)/t4-,5-,6-,7-,8-,9-,10+,11+,12+,13+,14+,15+,16?,17-,18-/m1/s1. The van der Waals surface area contributed by atoms with Gasteiger partial charge in [0.2, 0.25) is 0 Å². The molecule has 3 rings (SSSR count). The molecule has 3 saturated heterocycles. The predicted octanol–water partition coefficient (Wildman–Crippen LogP) is -9.01. The molecule has 0 radical (unpaired) electrons. The molecule has 440 valence electrons. The molecule has 74 heavy (non-hydrogen) atoms. The summed E-state index contributed by atoms with van der Waals surface area (Å²) in [5, 5.41) is 11.0. The summed E-state index contributed by atoms with van der Waals surface area (Å²) in [6.45, 7) is -6.00. The molecular formula is C18H33O46PS9. The minimum Gasteiger partial charge on any atom is -0.366 e. The van der Waals surface area contributed by atoms with Crippen LogP contribution in [-0.2, 0) is 164 Å². The minimum absolute atomic E-state index is 1.85. The molecule has 3 aliphatic rings. The number of rotatable bonds is 27. The van der Waals surface area contributed by atoms with Crippen molar-refractivity contribution < 1.29 is 202 Å². The number of aliphatic hydroxyl groups is 1. The quantitative estimate of drug-likeness (QED) is 0.0268. The first-order valence-electron chi connectivity index (χ1n) is 17.3. The summed E-state index contributed by atoms with van der Waals surface area (Å²) in [6.07, 6.45) is -50.3. The van der Waals surface area contributed by atoms with Gasteiger partial charge < -0.3 is 38.6 Å². The van der Waals surface area contributed by atoms with Crippen molar-refractivity contribution in [3.8, 4) is 0 Å². The Morgan fingerprint density at radius 2 is 0.595 bits per heavy atom. The average Bonchev–Trinajstić information content (AvgIpc) is 3.11. The molecule has 56 heteroatoms. The third-order valence-corrected chi connectivity index (χ3v) is 12.8. The van der Waals surface area contributed by atoms with Crippen molar-refractivity contribution in [2.24, 2.45) is 0 Å². The monoisotopic (exact) mass is 1300 g/mol. The summed E-state index contributed by atoms with van der Waals surface area (Å²) >= 11 is 0. The van der Waals surface area contributed by atoms with E-state index in [2.05, 4.69) is 42.2 Å². The van der Waals surface area contributed by atoms with Gasteiger partial charge in [-0.05, 0) is 0 Å². The molecule has 1 unspecified atom stereocenters. The Labute approximate surface area is 413 Å². The Hall–Kier alpha value is -1.30. The minimum atomic E-state index is -6.49. The molecule has 0 aliphatic carbocycles. The molecule has 0 spiro atoms. The lowest BCUT2D eigenvalue weighted by atomic mass is 9.96. The fourth-order valence-electron chi connectivity index (χ4n) is 6.12. The number of phosphoric acid groups is 1. The lowest BCUT2D eigenvalue weighted by Gasteiger charge is -2.49. The molecule has 12 N–H and O–H groups in total. The van der Waals surface area contributed by atoms with Gasteiger partial charge in [-0.3, -0.25) is 45.5 Å². The van der Waals surface area contributed by atoms with Gasteiger partial charge >= 0.3 is 101 Å². The molecule has 0 amide bonds. The van der Waals surface area contributed by atoms with Crippen LogP contribution in [0.4, 0.5) is 0 Å². The van der Waals surface area contributed by atoms with E-state index in [1.165, 1.54) is 0 Å². The Morgan fingerprint density at radius 1 is 0.338 bits per heavy atom. The van der Waals surface area contributed by atoms with Crippen molar-refractivity contribution in [2.75, 3.05) is 19.8 Å². The zero-order chi connectivity index (χ0) is 57.4. The molecule has 0 aromatic heterocycles. The molecule has 0 aromatic carbocycles. The van der Waals surface area contributed by atoms with Gasteiger partial charge in [-0.1, -0.05) is 0 Å². The third kappa shape index (κ3) is 24.0. The Bertz CT molecular complexity index is 3060. The number of aliphatic hydroxyl groups excluding tert-OH is 1. The summed E-state index contributed by atoms with van der Waals surface area (Å²) < 4.78 is 380. The topological polar surface area (TPSA) is 706 Å². The second-order valence-corrected chi connectivity index (χ2v) is 24.2. The highest BCUT2D eigenvalue weighted by atomic mass is 32.3. The highest BCUT2D eigenvalue weighted by molar-refractivity contribution is 7.82. The normalized spacial score (nSPS) is 32.8. The van der Waals surface area contributed by atoms with Crippen LogP contribution in [0.25, 0.3) is 0 Å². The van der Waals surface area contributed by atoms with Gasteiger partial charge in [-0.25, -0.2) is 42.2 Å². The second kappa shape index (κ2) is 24.2. The maximum Gasteiger partial charge on any atom is 0.469 e. The summed E-state index contributed by atoms with van der Waals surface area (Å²) in [7, 11) is -61.8. The number of phosphoric ester groups is 1. The predicted molar refractivity (Wildman–Crippen MR) is 206 cm³/mol. The van der Waals surface area contributed by atoms with E-state index in [0.717, 1.165) is 0 Å². The summed E-state index contributed by atoms with van der Waals surface area (Å²) in [6, 6.07) is 0. The van der Waals surface area contributed by atoms with E-state index in [1.807, 2.05) is 0 Å². The van der Waals surface area contributed by atoms with Gasteiger partial charge in [0.25, 0.3) is 0 Å². The summed E-state index contributed by atoms with van der Waals surface area (Å²) in [5.41, 5.74) is 0. The highest BCUT2D eigenvalue weighted by Crippen LogP contribution is 2.41. The zero-order valence-electron chi connectivity index (χ0n) is 34.2. The van der Waals surface area contributed by atoms with Crippen LogP contribution in [0, 0.1) is 0 Å². The lowest BCUT2D eigenvalue weighted by molar-refractivity contribution is -0.373. The molecule has 0 aromatic rings. The van der Waals surface area contributed by atoms with Crippen molar-refractivity contribution in [2.45, 2.75) is 92.1 Å². The van der Waals surface area contributed by atoms with Gasteiger partial charge in [-0.15, -0.1) is 0 Å². The molecule has 3 heterocycles. The fourth-order valence-corrected chi connectivity index (χ4v) is 10.6. The fraction of sp³-hybridized carbons (Fsp3) is 1.00. The first-order chi connectivity index (χ1) is 32.8. The van der Waals surface area contributed by atoms with E-state index >= 15 is 0 Å². The second-order valence-electron chi connectivity index (χ2n) is 13.5. The number of ether oxygens (including phenoxy) is 5. The third-order valence-electron chi connectivity index (χ3n) is 8.17. The average molecular weight is 1300 g/mol. The molecule has 3 aliphatic heterocycles. The zero-order valence-corrected chi connectivity index (χ0v) is 42.4. The number of hydrogen-bond donors (Lipinski definition) is 12. The highest BCUT2D eigenvalue weighted by Gasteiger charge is 2.61. The van der Waals surface area contributed by atoms with Crippen molar-refractivity contribution in [3.05, 3.63) is 0 Å². The SMILES string of the molecule is O=P(O)(O)OC[C@H]1O[C@H](O[C@@H]2[C@H](OS(=O)(=O)O)[C@@H](O[C@@H]3C(O)O[C@H](COS(=O)(=O)O)[C@@H](OS(=O)(=O)O)[C@@H]3OS(=O)(=O)O)O[C@H](COS(=O)(=O)O)[C@H]2OS(=O)(=O)O)[C@@H](OS(=O)(=O)O)[C@@H](OS(=O)(=O)O)[C@@H]1OS(=O)(=O)O. The number of hydrogen-bond acceptors (Lipinski definition) is 35. The largest absolute Gasteiger partial charge is 0.469 e.